The van der Waals surface area contributed by atoms with Crippen molar-refractivity contribution in [3.8, 4) is 0 Å². The van der Waals surface area contributed by atoms with Crippen molar-refractivity contribution in [2.45, 2.75) is 31.5 Å². The molecule has 0 spiro atoms. The fourth-order valence-electron chi connectivity index (χ4n) is 2.20. The Hall–Kier alpha value is -2.46. The number of halogens is 3. The standard InChI is InChI=1S/C16H15F3N2O4S/c1-10-7-14(21(22)23)15(8-11(10)2)26(24,25)20-9-12-3-5-13(6-4-12)16(17,18)19/h3-8,20H,9H2,1-2H3. The third kappa shape index (κ3) is 4.38. The lowest BCUT2D eigenvalue weighted by Crippen LogP contribution is -2.24. The Labute approximate surface area is 147 Å². The number of nitro groups is 1. The Morgan fingerprint density at radius 1 is 1.08 bits per heavy atom. The number of nitrogens with one attached hydrogen (secondary N) is 1. The summed E-state index contributed by atoms with van der Waals surface area (Å²) in [7, 11) is -4.23. The van der Waals surface area contributed by atoms with Gasteiger partial charge in [0.2, 0.25) is 10.0 Å². The zero-order valence-electron chi connectivity index (χ0n) is 13.8. The maximum atomic E-state index is 12.5. The molecule has 0 aromatic heterocycles. The summed E-state index contributed by atoms with van der Waals surface area (Å²) in [4.78, 5) is 9.86. The Bertz CT molecular complexity index is 939. The smallest absolute Gasteiger partial charge is 0.258 e. The highest BCUT2D eigenvalue weighted by atomic mass is 32.2. The number of nitro benzene ring substituents is 1. The van der Waals surface area contributed by atoms with Crippen molar-refractivity contribution in [3.05, 3.63) is 68.8 Å². The molecule has 0 heterocycles. The lowest BCUT2D eigenvalue weighted by atomic mass is 10.1. The first-order valence-corrected chi connectivity index (χ1v) is 8.81. The van der Waals surface area contributed by atoms with Crippen molar-refractivity contribution >= 4 is 15.7 Å². The fourth-order valence-corrected chi connectivity index (χ4v) is 3.45. The van der Waals surface area contributed by atoms with Gasteiger partial charge < -0.3 is 0 Å². The van der Waals surface area contributed by atoms with E-state index in [1.54, 1.807) is 13.8 Å². The van der Waals surface area contributed by atoms with Crippen molar-refractivity contribution in [2.24, 2.45) is 0 Å². The molecule has 0 unspecified atom stereocenters. The van der Waals surface area contributed by atoms with E-state index in [9.17, 15) is 31.7 Å². The van der Waals surface area contributed by atoms with Gasteiger partial charge in [0.05, 0.1) is 10.5 Å². The Morgan fingerprint density at radius 3 is 2.12 bits per heavy atom. The number of alkyl halides is 3. The normalized spacial score (nSPS) is 12.2. The number of sulfonamides is 1. The second-order valence-electron chi connectivity index (χ2n) is 5.68. The van der Waals surface area contributed by atoms with E-state index in [0.29, 0.717) is 11.1 Å². The topological polar surface area (TPSA) is 89.3 Å². The number of hydrogen-bond donors (Lipinski definition) is 1. The quantitative estimate of drug-likeness (QED) is 0.625. The molecule has 0 radical (unpaired) electrons. The predicted molar refractivity (Wildman–Crippen MR) is 88.0 cm³/mol. The Morgan fingerprint density at radius 2 is 1.62 bits per heavy atom. The molecule has 26 heavy (non-hydrogen) atoms. The highest BCUT2D eigenvalue weighted by Crippen LogP contribution is 2.30. The molecule has 2 aromatic carbocycles. The van der Waals surface area contributed by atoms with Crippen LogP contribution in [0.2, 0.25) is 0 Å². The molecule has 2 rings (SSSR count). The number of benzene rings is 2. The summed E-state index contributed by atoms with van der Waals surface area (Å²) < 4.78 is 64.6. The minimum absolute atomic E-state index is 0.285. The highest BCUT2D eigenvalue weighted by molar-refractivity contribution is 7.89. The van der Waals surface area contributed by atoms with Gasteiger partial charge in [-0.15, -0.1) is 0 Å². The molecule has 0 fully saturated rings. The third-order valence-corrected chi connectivity index (χ3v) is 5.24. The molecule has 0 bridgehead atoms. The van der Waals surface area contributed by atoms with E-state index in [4.69, 9.17) is 0 Å². The molecule has 1 N–H and O–H groups in total. The first-order chi connectivity index (χ1) is 11.9. The van der Waals surface area contributed by atoms with Crippen LogP contribution in [0, 0.1) is 24.0 Å². The third-order valence-electron chi connectivity index (χ3n) is 3.81. The molecule has 0 amide bonds. The van der Waals surface area contributed by atoms with Crippen LogP contribution in [0.4, 0.5) is 18.9 Å². The molecular weight excluding hydrogens is 373 g/mol. The van der Waals surface area contributed by atoms with E-state index in [2.05, 4.69) is 4.72 Å². The second kappa shape index (κ2) is 7.04. The van der Waals surface area contributed by atoms with Crippen LogP contribution in [0.1, 0.15) is 22.3 Å². The summed E-state index contributed by atoms with van der Waals surface area (Å²) in [5, 5.41) is 11.1. The summed E-state index contributed by atoms with van der Waals surface area (Å²) >= 11 is 0. The van der Waals surface area contributed by atoms with Gasteiger partial charge in [-0.2, -0.15) is 13.2 Å². The summed E-state index contributed by atoms with van der Waals surface area (Å²) in [6, 6.07) is 6.31. The zero-order valence-corrected chi connectivity index (χ0v) is 14.6. The van der Waals surface area contributed by atoms with Crippen LogP contribution < -0.4 is 4.72 Å². The highest BCUT2D eigenvalue weighted by Gasteiger charge is 2.30. The van der Waals surface area contributed by atoms with Crippen molar-refractivity contribution in [2.75, 3.05) is 0 Å². The number of nitrogens with zero attached hydrogens (tertiary/aromatic N) is 1. The number of rotatable bonds is 5. The summed E-state index contributed by atoms with van der Waals surface area (Å²) in [6.45, 7) is 2.94. The van der Waals surface area contributed by atoms with Gasteiger partial charge in [0.1, 0.15) is 0 Å². The van der Waals surface area contributed by atoms with Crippen molar-refractivity contribution in [3.63, 3.8) is 0 Å². The molecule has 0 aliphatic rings. The lowest BCUT2D eigenvalue weighted by Gasteiger charge is -2.11. The zero-order chi connectivity index (χ0) is 19.7. The van der Waals surface area contributed by atoms with Crippen LogP contribution in [0.25, 0.3) is 0 Å². The first-order valence-electron chi connectivity index (χ1n) is 7.33. The monoisotopic (exact) mass is 388 g/mol. The van der Waals surface area contributed by atoms with Crippen LogP contribution >= 0.6 is 0 Å². The van der Waals surface area contributed by atoms with Crippen LogP contribution in [0.15, 0.2) is 41.3 Å². The van der Waals surface area contributed by atoms with Crippen molar-refractivity contribution in [1.29, 1.82) is 0 Å². The maximum Gasteiger partial charge on any atom is 0.416 e. The van der Waals surface area contributed by atoms with E-state index in [1.165, 1.54) is 12.1 Å². The van der Waals surface area contributed by atoms with Crippen LogP contribution in [0.5, 0.6) is 0 Å². The van der Waals surface area contributed by atoms with E-state index in [1.807, 2.05) is 0 Å². The summed E-state index contributed by atoms with van der Waals surface area (Å²) in [5.41, 5.74) is -0.00104. The fraction of sp³-hybridized carbons (Fsp3) is 0.250. The number of hydrogen-bond acceptors (Lipinski definition) is 4. The Kier molecular flexibility index (Phi) is 5.38. The summed E-state index contributed by atoms with van der Waals surface area (Å²) in [6.07, 6.45) is -4.49. The molecular formula is C16H15F3N2O4S. The molecule has 0 aliphatic carbocycles. The van der Waals surface area contributed by atoms with Crippen LogP contribution in [-0.4, -0.2) is 13.3 Å². The minimum atomic E-state index is -4.49. The van der Waals surface area contributed by atoms with Crippen molar-refractivity contribution in [1.82, 2.24) is 4.72 Å². The van der Waals surface area contributed by atoms with Gasteiger partial charge in [0.15, 0.2) is 4.90 Å². The minimum Gasteiger partial charge on any atom is -0.258 e. The van der Waals surface area contributed by atoms with Gasteiger partial charge in [0, 0.05) is 12.6 Å². The molecule has 0 saturated carbocycles. The molecule has 0 saturated heterocycles. The second-order valence-corrected chi connectivity index (χ2v) is 7.42. The molecule has 10 heteroatoms. The van der Waals surface area contributed by atoms with E-state index in [-0.39, 0.29) is 12.1 Å². The molecule has 2 aromatic rings. The van der Waals surface area contributed by atoms with E-state index < -0.39 is 37.3 Å². The average molecular weight is 388 g/mol. The van der Waals surface area contributed by atoms with Gasteiger partial charge in [-0.3, -0.25) is 10.1 Å². The molecule has 6 nitrogen and oxygen atoms in total. The van der Waals surface area contributed by atoms with Gasteiger partial charge in [-0.1, -0.05) is 12.1 Å². The predicted octanol–water partition coefficient (Wildman–Crippen LogP) is 3.71. The molecule has 0 aliphatic heterocycles. The Balaban J connectivity index is 2.27. The lowest BCUT2D eigenvalue weighted by molar-refractivity contribution is -0.387. The number of aryl methyl sites for hydroxylation is 2. The summed E-state index contributed by atoms with van der Waals surface area (Å²) in [5.74, 6) is 0. The largest absolute Gasteiger partial charge is 0.416 e. The average Bonchev–Trinajstić information content (AvgIpc) is 2.54. The maximum absolute atomic E-state index is 12.5. The van der Waals surface area contributed by atoms with Crippen LogP contribution in [-0.2, 0) is 22.7 Å². The van der Waals surface area contributed by atoms with Crippen molar-refractivity contribution < 1.29 is 26.5 Å². The SMILES string of the molecule is Cc1cc([N+](=O)[O-])c(S(=O)(=O)NCc2ccc(C(F)(F)F)cc2)cc1C. The van der Waals surface area contributed by atoms with Gasteiger partial charge >= 0.3 is 6.18 Å². The van der Waals surface area contributed by atoms with Gasteiger partial charge in [0.25, 0.3) is 5.69 Å². The molecule has 140 valence electrons. The van der Waals surface area contributed by atoms with Gasteiger partial charge in [-0.25, -0.2) is 13.1 Å². The van der Waals surface area contributed by atoms with Gasteiger partial charge in [-0.05, 0) is 48.7 Å². The first kappa shape index (κ1) is 19.9. The van der Waals surface area contributed by atoms with E-state index >= 15 is 0 Å². The molecule has 0 atom stereocenters. The van der Waals surface area contributed by atoms with Crippen LogP contribution in [0.3, 0.4) is 0 Å². The van der Waals surface area contributed by atoms with E-state index in [0.717, 1.165) is 24.3 Å².